The summed E-state index contributed by atoms with van der Waals surface area (Å²) in [5, 5.41) is 3.84. The molecule has 1 atom stereocenters. The number of hydrogen-bond donors (Lipinski definition) is 0. The molecule has 1 saturated heterocycles. The third-order valence-electron chi connectivity index (χ3n) is 4.84. The standard InChI is InChI=1S/C19H22F2N4O3/c1-12-22-18(23-28-12)7-9-25(13(2)26)15-4-3-8-24(11-15)19(27)14-5-6-16(20)17(21)10-14/h5-6,10,15H,3-4,7-9,11H2,1-2H3. The maximum absolute atomic E-state index is 13.5. The summed E-state index contributed by atoms with van der Waals surface area (Å²) in [6.07, 6.45) is 1.92. The predicted molar refractivity (Wildman–Crippen MR) is 95.4 cm³/mol. The first kappa shape index (κ1) is 19.9. The lowest BCUT2D eigenvalue weighted by Crippen LogP contribution is -2.51. The number of carbonyl (C=O) groups is 2. The molecule has 2 aromatic rings. The molecule has 28 heavy (non-hydrogen) atoms. The molecule has 1 aromatic heterocycles. The number of piperidine rings is 1. The van der Waals surface area contributed by atoms with Gasteiger partial charge in [-0.15, -0.1) is 0 Å². The number of rotatable bonds is 5. The van der Waals surface area contributed by atoms with Crippen LogP contribution in [0.1, 0.15) is 41.8 Å². The highest BCUT2D eigenvalue weighted by Gasteiger charge is 2.30. The first-order chi connectivity index (χ1) is 13.3. The summed E-state index contributed by atoms with van der Waals surface area (Å²) in [5.74, 6) is -1.54. The number of halogens is 2. The molecule has 7 nitrogen and oxygen atoms in total. The number of carbonyl (C=O) groups excluding carboxylic acids is 2. The van der Waals surface area contributed by atoms with Crippen molar-refractivity contribution in [3.05, 3.63) is 47.1 Å². The molecule has 0 N–H and O–H groups in total. The lowest BCUT2D eigenvalue weighted by Gasteiger charge is -2.39. The van der Waals surface area contributed by atoms with Crippen LogP contribution in [0.4, 0.5) is 8.78 Å². The van der Waals surface area contributed by atoms with Crippen molar-refractivity contribution < 1.29 is 22.9 Å². The zero-order valence-electron chi connectivity index (χ0n) is 15.8. The fraction of sp³-hybridized carbons (Fsp3) is 0.474. The molecule has 3 rings (SSSR count). The van der Waals surface area contributed by atoms with Gasteiger partial charge in [0, 0.05) is 51.5 Å². The van der Waals surface area contributed by atoms with Crippen molar-refractivity contribution in [2.75, 3.05) is 19.6 Å². The van der Waals surface area contributed by atoms with Gasteiger partial charge in [-0.05, 0) is 31.0 Å². The van der Waals surface area contributed by atoms with E-state index < -0.39 is 11.6 Å². The lowest BCUT2D eigenvalue weighted by atomic mass is 10.0. The molecule has 1 fully saturated rings. The lowest BCUT2D eigenvalue weighted by molar-refractivity contribution is -0.132. The van der Waals surface area contributed by atoms with E-state index in [0.29, 0.717) is 44.2 Å². The van der Waals surface area contributed by atoms with Crippen LogP contribution in [0.2, 0.25) is 0 Å². The van der Waals surface area contributed by atoms with Gasteiger partial charge in [0.1, 0.15) is 0 Å². The molecular formula is C19H22F2N4O3. The van der Waals surface area contributed by atoms with Crippen molar-refractivity contribution >= 4 is 11.8 Å². The van der Waals surface area contributed by atoms with Gasteiger partial charge in [0.15, 0.2) is 17.5 Å². The molecule has 2 heterocycles. The molecule has 0 spiro atoms. The van der Waals surface area contributed by atoms with Crippen LogP contribution in [0, 0.1) is 18.6 Å². The average molecular weight is 392 g/mol. The van der Waals surface area contributed by atoms with Gasteiger partial charge in [-0.1, -0.05) is 5.16 Å². The average Bonchev–Trinajstić information content (AvgIpc) is 3.09. The van der Waals surface area contributed by atoms with E-state index in [2.05, 4.69) is 10.1 Å². The molecule has 1 aliphatic heterocycles. The summed E-state index contributed by atoms with van der Waals surface area (Å²) in [5.41, 5.74) is 0.0937. The Balaban J connectivity index is 1.67. The van der Waals surface area contributed by atoms with E-state index in [0.717, 1.165) is 18.6 Å². The topological polar surface area (TPSA) is 79.5 Å². The summed E-state index contributed by atoms with van der Waals surface area (Å²) in [7, 11) is 0. The van der Waals surface area contributed by atoms with E-state index in [1.165, 1.54) is 13.0 Å². The number of hydrogen-bond acceptors (Lipinski definition) is 5. The van der Waals surface area contributed by atoms with Gasteiger partial charge >= 0.3 is 0 Å². The Hall–Kier alpha value is -2.84. The van der Waals surface area contributed by atoms with E-state index in [-0.39, 0.29) is 23.4 Å². The van der Waals surface area contributed by atoms with E-state index in [4.69, 9.17) is 4.52 Å². The van der Waals surface area contributed by atoms with Crippen LogP contribution in [0.15, 0.2) is 22.7 Å². The van der Waals surface area contributed by atoms with Gasteiger partial charge in [0.25, 0.3) is 5.91 Å². The Kier molecular flexibility index (Phi) is 6.01. The first-order valence-electron chi connectivity index (χ1n) is 9.16. The SMILES string of the molecule is CC(=O)N(CCc1noc(C)n1)C1CCCN(C(=O)c2ccc(F)c(F)c2)C1. The van der Waals surface area contributed by atoms with Crippen LogP contribution >= 0.6 is 0 Å². The summed E-state index contributed by atoms with van der Waals surface area (Å²) in [4.78, 5) is 32.3. The highest BCUT2D eigenvalue weighted by molar-refractivity contribution is 5.94. The number of aryl methyl sites for hydroxylation is 1. The van der Waals surface area contributed by atoms with E-state index in [9.17, 15) is 18.4 Å². The number of amides is 2. The van der Waals surface area contributed by atoms with Crippen molar-refractivity contribution in [1.29, 1.82) is 0 Å². The Bertz CT molecular complexity index is 871. The number of aromatic nitrogens is 2. The largest absolute Gasteiger partial charge is 0.340 e. The van der Waals surface area contributed by atoms with Crippen molar-refractivity contribution in [2.24, 2.45) is 0 Å². The molecule has 0 saturated carbocycles. The Morgan fingerprint density at radius 3 is 2.75 bits per heavy atom. The van der Waals surface area contributed by atoms with Crippen molar-refractivity contribution in [3.8, 4) is 0 Å². The second-order valence-electron chi connectivity index (χ2n) is 6.87. The second-order valence-corrected chi connectivity index (χ2v) is 6.87. The van der Waals surface area contributed by atoms with Gasteiger partial charge in [-0.2, -0.15) is 4.98 Å². The number of likely N-dealkylation sites (tertiary alicyclic amines) is 1. The third-order valence-corrected chi connectivity index (χ3v) is 4.84. The molecule has 2 amide bonds. The summed E-state index contributed by atoms with van der Waals surface area (Å²) < 4.78 is 31.5. The maximum Gasteiger partial charge on any atom is 0.254 e. The maximum atomic E-state index is 13.5. The molecule has 1 unspecified atom stereocenters. The molecule has 0 bridgehead atoms. The monoisotopic (exact) mass is 392 g/mol. The Morgan fingerprint density at radius 1 is 1.32 bits per heavy atom. The minimum Gasteiger partial charge on any atom is -0.340 e. The zero-order valence-corrected chi connectivity index (χ0v) is 15.8. The van der Waals surface area contributed by atoms with E-state index >= 15 is 0 Å². The van der Waals surface area contributed by atoms with Crippen LogP contribution in [0.3, 0.4) is 0 Å². The molecule has 9 heteroatoms. The van der Waals surface area contributed by atoms with Gasteiger partial charge < -0.3 is 14.3 Å². The molecule has 1 aromatic carbocycles. The molecule has 150 valence electrons. The minimum atomic E-state index is -1.06. The number of benzene rings is 1. The fourth-order valence-corrected chi connectivity index (χ4v) is 3.47. The minimum absolute atomic E-state index is 0.0937. The highest BCUT2D eigenvalue weighted by atomic mass is 19.2. The number of nitrogens with zero attached hydrogens (tertiary/aromatic N) is 4. The van der Waals surface area contributed by atoms with Crippen molar-refractivity contribution in [1.82, 2.24) is 19.9 Å². The fourth-order valence-electron chi connectivity index (χ4n) is 3.47. The molecule has 1 aliphatic rings. The van der Waals surface area contributed by atoms with Crippen molar-refractivity contribution in [2.45, 2.75) is 39.2 Å². The molecule has 0 radical (unpaired) electrons. The van der Waals surface area contributed by atoms with Gasteiger partial charge in [-0.3, -0.25) is 9.59 Å². The van der Waals surface area contributed by atoms with Crippen molar-refractivity contribution in [3.63, 3.8) is 0 Å². The van der Waals surface area contributed by atoms with Crippen LogP contribution in [-0.2, 0) is 11.2 Å². The quantitative estimate of drug-likeness (QED) is 0.780. The van der Waals surface area contributed by atoms with Crippen LogP contribution < -0.4 is 0 Å². The summed E-state index contributed by atoms with van der Waals surface area (Å²) in [6, 6.07) is 2.96. The van der Waals surface area contributed by atoms with E-state index in [1.54, 1.807) is 16.7 Å². The van der Waals surface area contributed by atoms with E-state index in [1.807, 2.05) is 0 Å². The summed E-state index contributed by atoms with van der Waals surface area (Å²) in [6.45, 7) is 4.43. The smallest absolute Gasteiger partial charge is 0.254 e. The van der Waals surface area contributed by atoms with Gasteiger partial charge in [-0.25, -0.2) is 8.78 Å². The normalized spacial score (nSPS) is 16.9. The predicted octanol–water partition coefficient (Wildman–Crippen LogP) is 2.35. The Morgan fingerprint density at radius 2 is 2.11 bits per heavy atom. The molecule has 0 aliphatic carbocycles. The third kappa shape index (κ3) is 4.52. The second kappa shape index (κ2) is 8.45. The Labute approximate surface area is 161 Å². The van der Waals surface area contributed by atoms with Crippen LogP contribution in [-0.4, -0.2) is 57.4 Å². The first-order valence-corrected chi connectivity index (χ1v) is 9.16. The van der Waals surface area contributed by atoms with Gasteiger partial charge in [0.05, 0.1) is 0 Å². The molecular weight excluding hydrogens is 370 g/mol. The van der Waals surface area contributed by atoms with Crippen LogP contribution in [0.5, 0.6) is 0 Å². The summed E-state index contributed by atoms with van der Waals surface area (Å²) >= 11 is 0. The van der Waals surface area contributed by atoms with Crippen LogP contribution in [0.25, 0.3) is 0 Å². The highest BCUT2D eigenvalue weighted by Crippen LogP contribution is 2.20. The zero-order chi connectivity index (χ0) is 20.3. The van der Waals surface area contributed by atoms with Gasteiger partial charge in [0.2, 0.25) is 11.8 Å².